The standard InChI is InChI=1S/C13H14BFO3S/c15-11-4-3-10(13(8-11)14(16)17)9-18-6-5-12-2-1-7-19-12/h1-4,7-8,16-17H,5-6,9H2. The summed E-state index contributed by atoms with van der Waals surface area (Å²) in [6.07, 6.45) is 0.815. The maximum Gasteiger partial charge on any atom is 0.488 e. The van der Waals surface area contributed by atoms with Gasteiger partial charge in [0, 0.05) is 11.3 Å². The predicted octanol–water partition coefficient (Wildman–Crippen LogP) is 1.33. The topological polar surface area (TPSA) is 49.7 Å². The third-order valence-electron chi connectivity index (χ3n) is 2.72. The van der Waals surface area contributed by atoms with Gasteiger partial charge in [0.2, 0.25) is 0 Å². The molecule has 0 radical (unpaired) electrons. The van der Waals surface area contributed by atoms with E-state index in [4.69, 9.17) is 4.74 Å². The highest BCUT2D eigenvalue weighted by Gasteiger charge is 2.16. The Morgan fingerprint density at radius 1 is 1.26 bits per heavy atom. The maximum absolute atomic E-state index is 13.0. The van der Waals surface area contributed by atoms with Crippen LogP contribution in [0.4, 0.5) is 4.39 Å². The van der Waals surface area contributed by atoms with Crippen molar-refractivity contribution in [3.63, 3.8) is 0 Å². The van der Waals surface area contributed by atoms with Crippen molar-refractivity contribution in [3.8, 4) is 0 Å². The quantitative estimate of drug-likeness (QED) is 0.620. The fourth-order valence-corrected chi connectivity index (χ4v) is 2.44. The highest BCUT2D eigenvalue weighted by molar-refractivity contribution is 7.09. The second-order valence-electron chi connectivity index (χ2n) is 4.10. The van der Waals surface area contributed by atoms with Crippen LogP contribution < -0.4 is 5.46 Å². The Bertz CT molecular complexity index is 517. The van der Waals surface area contributed by atoms with Crippen LogP contribution in [0, 0.1) is 5.82 Å². The summed E-state index contributed by atoms with van der Waals surface area (Å²) in [5.41, 5.74) is 0.735. The molecule has 0 atom stereocenters. The van der Waals surface area contributed by atoms with Crippen LogP contribution in [0.1, 0.15) is 10.4 Å². The number of benzene rings is 1. The van der Waals surface area contributed by atoms with Gasteiger partial charge in [0.1, 0.15) is 5.82 Å². The molecule has 0 saturated heterocycles. The zero-order valence-corrected chi connectivity index (χ0v) is 11.1. The molecule has 6 heteroatoms. The van der Waals surface area contributed by atoms with Crippen molar-refractivity contribution in [3.05, 3.63) is 52.0 Å². The number of ether oxygens (including phenoxy) is 1. The first-order chi connectivity index (χ1) is 9.16. The molecule has 0 unspecified atom stereocenters. The van der Waals surface area contributed by atoms with Crippen molar-refractivity contribution >= 4 is 23.9 Å². The van der Waals surface area contributed by atoms with Gasteiger partial charge < -0.3 is 14.8 Å². The van der Waals surface area contributed by atoms with E-state index in [2.05, 4.69) is 0 Å². The van der Waals surface area contributed by atoms with Crippen molar-refractivity contribution in [2.75, 3.05) is 6.61 Å². The average molecular weight is 280 g/mol. The van der Waals surface area contributed by atoms with Crippen LogP contribution in [0.15, 0.2) is 35.7 Å². The number of thiophene rings is 1. The van der Waals surface area contributed by atoms with Crippen LogP contribution in [0.2, 0.25) is 0 Å². The molecule has 1 aromatic heterocycles. The van der Waals surface area contributed by atoms with Gasteiger partial charge in [0.05, 0.1) is 13.2 Å². The molecule has 0 amide bonds. The van der Waals surface area contributed by atoms with Crippen molar-refractivity contribution in [1.82, 2.24) is 0 Å². The third kappa shape index (κ3) is 4.14. The second kappa shape index (κ2) is 6.82. The van der Waals surface area contributed by atoms with Gasteiger partial charge in [0.25, 0.3) is 0 Å². The molecule has 2 rings (SSSR count). The van der Waals surface area contributed by atoms with Crippen LogP contribution in [0.25, 0.3) is 0 Å². The van der Waals surface area contributed by atoms with Gasteiger partial charge in [-0.15, -0.1) is 11.3 Å². The molecule has 1 aromatic carbocycles. The fourth-order valence-electron chi connectivity index (χ4n) is 1.75. The van der Waals surface area contributed by atoms with E-state index in [-0.39, 0.29) is 12.1 Å². The normalized spacial score (nSPS) is 10.7. The summed E-state index contributed by atoms with van der Waals surface area (Å²) >= 11 is 1.67. The minimum absolute atomic E-state index is 0.149. The van der Waals surface area contributed by atoms with Crippen molar-refractivity contribution < 1.29 is 19.2 Å². The van der Waals surface area contributed by atoms with Crippen molar-refractivity contribution in [2.45, 2.75) is 13.0 Å². The van der Waals surface area contributed by atoms with Crippen molar-refractivity contribution in [2.24, 2.45) is 0 Å². The number of rotatable bonds is 6. The van der Waals surface area contributed by atoms with Gasteiger partial charge in [-0.05, 0) is 34.6 Å². The van der Waals surface area contributed by atoms with E-state index in [1.54, 1.807) is 11.3 Å². The minimum Gasteiger partial charge on any atom is -0.423 e. The number of hydrogen-bond acceptors (Lipinski definition) is 4. The Morgan fingerprint density at radius 3 is 2.79 bits per heavy atom. The predicted molar refractivity (Wildman–Crippen MR) is 73.9 cm³/mol. The lowest BCUT2D eigenvalue weighted by atomic mass is 9.77. The highest BCUT2D eigenvalue weighted by atomic mass is 32.1. The van der Waals surface area contributed by atoms with Gasteiger partial charge in [-0.1, -0.05) is 12.1 Å². The summed E-state index contributed by atoms with van der Waals surface area (Å²) < 4.78 is 18.5. The van der Waals surface area contributed by atoms with E-state index in [1.165, 1.54) is 17.0 Å². The van der Waals surface area contributed by atoms with Crippen LogP contribution >= 0.6 is 11.3 Å². The Morgan fingerprint density at radius 2 is 2.11 bits per heavy atom. The van der Waals surface area contributed by atoms with Gasteiger partial charge in [-0.25, -0.2) is 4.39 Å². The van der Waals surface area contributed by atoms with Crippen LogP contribution in [0.3, 0.4) is 0 Å². The van der Waals surface area contributed by atoms with E-state index in [0.29, 0.717) is 12.2 Å². The van der Waals surface area contributed by atoms with Gasteiger partial charge in [-0.2, -0.15) is 0 Å². The lowest BCUT2D eigenvalue weighted by Gasteiger charge is -2.09. The minimum atomic E-state index is -1.69. The summed E-state index contributed by atoms with van der Waals surface area (Å²) in [6.45, 7) is 0.775. The SMILES string of the molecule is OB(O)c1cc(F)ccc1COCCc1cccs1. The molecule has 0 spiro atoms. The smallest absolute Gasteiger partial charge is 0.423 e. The average Bonchev–Trinajstić information content (AvgIpc) is 2.89. The summed E-state index contributed by atoms with van der Waals surface area (Å²) in [6, 6.07) is 7.93. The molecule has 100 valence electrons. The molecule has 1 heterocycles. The van der Waals surface area contributed by atoms with Gasteiger partial charge >= 0.3 is 7.12 Å². The van der Waals surface area contributed by atoms with E-state index < -0.39 is 12.9 Å². The fraction of sp³-hybridized carbons (Fsp3) is 0.231. The zero-order valence-electron chi connectivity index (χ0n) is 10.3. The molecule has 0 bridgehead atoms. The molecule has 19 heavy (non-hydrogen) atoms. The molecule has 2 N–H and O–H groups in total. The van der Waals surface area contributed by atoms with Crippen LogP contribution in [-0.2, 0) is 17.8 Å². The Labute approximate surface area is 115 Å². The first-order valence-corrected chi connectivity index (χ1v) is 6.79. The van der Waals surface area contributed by atoms with E-state index >= 15 is 0 Å². The van der Waals surface area contributed by atoms with Gasteiger partial charge in [0.15, 0.2) is 0 Å². The Balaban J connectivity index is 1.88. The summed E-state index contributed by atoms with van der Waals surface area (Å²) in [5.74, 6) is -0.495. The lowest BCUT2D eigenvalue weighted by molar-refractivity contribution is 0.124. The third-order valence-corrected chi connectivity index (χ3v) is 3.65. The Hall–Kier alpha value is -1.21. The number of halogens is 1. The summed E-state index contributed by atoms with van der Waals surface area (Å²) in [7, 11) is -1.69. The zero-order chi connectivity index (χ0) is 13.7. The number of hydrogen-bond donors (Lipinski definition) is 2. The lowest BCUT2D eigenvalue weighted by Crippen LogP contribution is -2.33. The molecular formula is C13H14BFO3S. The molecule has 0 fully saturated rings. The molecule has 3 nitrogen and oxygen atoms in total. The van der Waals surface area contributed by atoms with Crippen LogP contribution in [0.5, 0.6) is 0 Å². The Kier molecular flexibility index (Phi) is 5.10. The first-order valence-electron chi connectivity index (χ1n) is 5.91. The maximum atomic E-state index is 13.0. The van der Waals surface area contributed by atoms with Gasteiger partial charge in [-0.3, -0.25) is 0 Å². The summed E-state index contributed by atoms with van der Waals surface area (Å²) in [5, 5.41) is 20.4. The van der Waals surface area contributed by atoms with Crippen LogP contribution in [-0.4, -0.2) is 23.8 Å². The monoisotopic (exact) mass is 280 g/mol. The van der Waals surface area contributed by atoms with E-state index in [1.807, 2.05) is 17.5 Å². The highest BCUT2D eigenvalue weighted by Crippen LogP contribution is 2.10. The molecule has 2 aromatic rings. The molecule has 0 aliphatic carbocycles. The molecule has 0 aliphatic rings. The summed E-state index contributed by atoms with van der Waals surface area (Å²) in [4.78, 5) is 1.24. The first kappa shape index (κ1) is 14.2. The largest absolute Gasteiger partial charge is 0.488 e. The molecule has 0 saturated carbocycles. The second-order valence-corrected chi connectivity index (χ2v) is 5.13. The van der Waals surface area contributed by atoms with E-state index in [0.717, 1.165) is 12.5 Å². The molecular weight excluding hydrogens is 266 g/mol. The molecule has 0 aliphatic heterocycles. The van der Waals surface area contributed by atoms with Crippen molar-refractivity contribution in [1.29, 1.82) is 0 Å². The van der Waals surface area contributed by atoms with E-state index in [9.17, 15) is 14.4 Å².